The zero-order valence-electron chi connectivity index (χ0n) is 11.8. The van der Waals surface area contributed by atoms with Gasteiger partial charge in [0.1, 0.15) is 0 Å². The van der Waals surface area contributed by atoms with Gasteiger partial charge in [-0.15, -0.1) is 5.10 Å². The summed E-state index contributed by atoms with van der Waals surface area (Å²) in [5.41, 5.74) is 3.61. The topological polar surface area (TPSA) is 55.6 Å². The van der Waals surface area contributed by atoms with E-state index in [-0.39, 0.29) is 6.04 Å². The molecule has 2 aromatic rings. The first kappa shape index (κ1) is 13.7. The van der Waals surface area contributed by atoms with Crippen LogP contribution in [-0.4, -0.2) is 27.0 Å². The van der Waals surface area contributed by atoms with E-state index in [0.29, 0.717) is 0 Å². The number of nitrogens with one attached hydrogen (secondary N) is 1. The first-order valence-electron chi connectivity index (χ1n) is 6.80. The van der Waals surface area contributed by atoms with Crippen LogP contribution in [0.2, 0.25) is 0 Å². The van der Waals surface area contributed by atoms with Crippen molar-refractivity contribution >= 4 is 0 Å². The normalized spacial score (nSPS) is 12.6. The average molecular weight is 259 g/mol. The number of nitrogens with zero attached hydrogens (tertiary/aromatic N) is 4. The van der Waals surface area contributed by atoms with Gasteiger partial charge in [0, 0.05) is 18.9 Å². The van der Waals surface area contributed by atoms with Gasteiger partial charge in [0.15, 0.2) is 0 Å². The molecule has 5 nitrogen and oxygen atoms in total. The van der Waals surface area contributed by atoms with E-state index >= 15 is 0 Å². The molecule has 19 heavy (non-hydrogen) atoms. The maximum Gasteiger partial charge on any atom is 0.0802 e. The SMILES string of the molecule is CCCn1nncc1C(NC)c1ccncc1CC. The molecule has 0 radical (unpaired) electrons. The van der Waals surface area contributed by atoms with Crippen molar-refractivity contribution in [2.45, 2.75) is 39.3 Å². The molecule has 1 atom stereocenters. The number of aryl methyl sites for hydroxylation is 2. The van der Waals surface area contributed by atoms with Crippen LogP contribution >= 0.6 is 0 Å². The van der Waals surface area contributed by atoms with Gasteiger partial charge in [0.05, 0.1) is 17.9 Å². The van der Waals surface area contributed by atoms with E-state index in [1.165, 1.54) is 11.1 Å². The first-order valence-corrected chi connectivity index (χ1v) is 6.80. The van der Waals surface area contributed by atoms with E-state index in [4.69, 9.17) is 0 Å². The molecular formula is C14H21N5. The highest BCUT2D eigenvalue weighted by molar-refractivity contribution is 5.32. The van der Waals surface area contributed by atoms with Crippen LogP contribution in [0.5, 0.6) is 0 Å². The predicted octanol–water partition coefficient (Wildman–Crippen LogP) is 1.95. The summed E-state index contributed by atoms with van der Waals surface area (Å²) in [6, 6.07) is 2.18. The summed E-state index contributed by atoms with van der Waals surface area (Å²) in [6.45, 7) is 5.18. The lowest BCUT2D eigenvalue weighted by atomic mass is 9.99. The summed E-state index contributed by atoms with van der Waals surface area (Å²) < 4.78 is 1.97. The van der Waals surface area contributed by atoms with Gasteiger partial charge in [-0.2, -0.15) is 0 Å². The number of hydrogen-bond acceptors (Lipinski definition) is 4. The van der Waals surface area contributed by atoms with E-state index in [0.717, 1.165) is 25.1 Å². The van der Waals surface area contributed by atoms with Gasteiger partial charge in [-0.1, -0.05) is 19.1 Å². The van der Waals surface area contributed by atoms with Crippen molar-refractivity contribution in [1.82, 2.24) is 25.3 Å². The molecule has 102 valence electrons. The molecule has 0 aliphatic rings. The fourth-order valence-corrected chi connectivity index (χ4v) is 2.35. The minimum atomic E-state index is 0.111. The lowest BCUT2D eigenvalue weighted by molar-refractivity contribution is 0.522. The van der Waals surface area contributed by atoms with Crippen molar-refractivity contribution in [3.05, 3.63) is 41.5 Å². The zero-order valence-corrected chi connectivity index (χ0v) is 11.8. The maximum absolute atomic E-state index is 4.21. The van der Waals surface area contributed by atoms with Crippen molar-refractivity contribution < 1.29 is 0 Å². The quantitative estimate of drug-likeness (QED) is 0.861. The number of hydrogen-bond donors (Lipinski definition) is 1. The molecule has 0 aromatic carbocycles. The molecule has 1 unspecified atom stereocenters. The monoisotopic (exact) mass is 259 g/mol. The number of rotatable bonds is 6. The van der Waals surface area contributed by atoms with E-state index in [1.54, 1.807) is 0 Å². The molecule has 0 fully saturated rings. The van der Waals surface area contributed by atoms with Crippen LogP contribution in [0.3, 0.4) is 0 Å². The molecule has 0 spiro atoms. The molecule has 2 aromatic heterocycles. The highest BCUT2D eigenvalue weighted by Gasteiger charge is 2.19. The van der Waals surface area contributed by atoms with Crippen LogP contribution in [0.4, 0.5) is 0 Å². The molecular weight excluding hydrogens is 238 g/mol. The van der Waals surface area contributed by atoms with Crippen molar-refractivity contribution in [2.24, 2.45) is 0 Å². The Morgan fingerprint density at radius 1 is 1.32 bits per heavy atom. The average Bonchev–Trinajstić information content (AvgIpc) is 2.89. The number of aromatic nitrogens is 4. The van der Waals surface area contributed by atoms with E-state index in [2.05, 4.69) is 40.5 Å². The third-order valence-electron chi connectivity index (χ3n) is 3.30. The first-order chi connectivity index (χ1) is 9.31. The van der Waals surface area contributed by atoms with Crippen LogP contribution in [0, 0.1) is 0 Å². The van der Waals surface area contributed by atoms with Gasteiger partial charge in [0.2, 0.25) is 0 Å². The Balaban J connectivity index is 2.41. The Kier molecular flexibility index (Phi) is 4.63. The molecule has 5 heteroatoms. The Labute approximate surface area is 114 Å². The summed E-state index contributed by atoms with van der Waals surface area (Å²) in [4.78, 5) is 4.21. The highest BCUT2D eigenvalue weighted by Crippen LogP contribution is 2.24. The standard InChI is InChI=1S/C14H21N5/c1-4-8-19-13(10-17-18-19)14(15-3)12-6-7-16-9-11(12)5-2/h6-7,9-10,14-15H,4-5,8H2,1-3H3. The largest absolute Gasteiger partial charge is 0.308 e. The molecule has 0 aliphatic carbocycles. The lowest BCUT2D eigenvalue weighted by Crippen LogP contribution is -2.23. The molecule has 1 N–H and O–H groups in total. The second-order valence-electron chi connectivity index (χ2n) is 4.53. The summed E-state index contributed by atoms with van der Waals surface area (Å²) >= 11 is 0. The molecule has 2 heterocycles. The Bertz CT molecular complexity index is 520. The molecule has 0 bridgehead atoms. The summed E-state index contributed by atoms with van der Waals surface area (Å²) in [6.07, 6.45) is 7.64. The van der Waals surface area contributed by atoms with Crippen molar-refractivity contribution in [1.29, 1.82) is 0 Å². The third kappa shape index (κ3) is 2.81. The highest BCUT2D eigenvalue weighted by atomic mass is 15.4. The van der Waals surface area contributed by atoms with Crippen LogP contribution < -0.4 is 5.32 Å². The van der Waals surface area contributed by atoms with E-state index in [1.807, 2.05) is 30.3 Å². The fraction of sp³-hybridized carbons (Fsp3) is 0.500. The molecule has 0 saturated carbocycles. The smallest absolute Gasteiger partial charge is 0.0802 e. The molecule has 0 aliphatic heterocycles. The molecule has 0 amide bonds. The van der Waals surface area contributed by atoms with Gasteiger partial charge >= 0.3 is 0 Å². The molecule has 2 rings (SSSR count). The third-order valence-corrected chi connectivity index (χ3v) is 3.30. The van der Waals surface area contributed by atoms with Crippen LogP contribution in [-0.2, 0) is 13.0 Å². The minimum Gasteiger partial charge on any atom is -0.308 e. The van der Waals surface area contributed by atoms with Gasteiger partial charge in [-0.25, -0.2) is 4.68 Å². The summed E-state index contributed by atoms with van der Waals surface area (Å²) in [5, 5.41) is 11.6. The maximum atomic E-state index is 4.21. The minimum absolute atomic E-state index is 0.111. The Hall–Kier alpha value is -1.75. The Morgan fingerprint density at radius 2 is 2.16 bits per heavy atom. The fourth-order valence-electron chi connectivity index (χ4n) is 2.35. The van der Waals surface area contributed by atoms with E-state index in [9.17, 15) is 0 Å². The van der Waals surface area contributed by atoms with Crippen LogP contribution in [0.25, 0.3) is 0 Å². The van der Waals surface area contributed by atoms with E-state index < -0.39 is 0 Å². The van der Waals surface area contributed by atoms with Gasteiger partial charge in [-0.05, 0) is 37.1 Å². The van der Waals surface area contributed by atoms with Gasteiger partial charge in [0.25, 0.3) is 0 Å². The predicted molar refractivity (Wildman–Crippen MR) is 74.8 cm³/mol. The van der Waals surface area contributed by atoms with Gasteiger partial charge in [-0.3, -0.25) is 4.98 Å². The lowest BCUT2D eigenvalue weighted by Gasteiger charge is -2.20. The summed E-state index contributed by atoms with van der Waals surface area (Å²) in [5.74, 6) is 0. The second-order valence-corrected chi connectivity index (χ2v) is 4.53. The van der Waals surface area contributed by atoms with Crippen molar-refractivity contribution in [2.75, 3.05) is 7.05 Å². The van der Waals surface area contributed by atoms with Gasteiger partial charge < -0.3 is 5.32 Å². The van der Waals surface area contributed by atoms with Crippen molar-refractivity contribution in [3.63, 3.8) is 0 Å². The van der Waals surface area contributed by atoms with Crippen LogP contribution in [0.1, 0.15) is 43.1 Å². The molecule has 0 saturated heterocycles. The Morgan fingerprint density at radius 3 is 2.84 bits per heavy atom. The van der Waals surface area contributed by atoms with Crippen LogP contribution in [0.15, 0.2) is 24.7 Å². The summed E-state index contributed by atoms with van der Waals surface area (Å²) in [7, 11) is 1.97. The second kappa shape index (κ2) is 6.43. The van der Waals surface area contributed by atoms with Crippen molar-refractivity contribution in [3.8, 4) is 0 Å². The zero-order chi connectivity index (χ0) is 13.7. The number of pyridine rings is 1.